The predicted molar refractivity (Wildman–Crippen MR) is 103 cm³/mol. The van der Waals surface area contributed by atoms with Crippen LogP contribution in [0.25, 0.3) is 6.08 Å². The molecule has 144 valence electrons. The fourth-order valence-electron chi connectivity index (χ4n) is 2.20. The molecular weight excluding hydrogens is 394 g/mol. The third-order valence-electron chi connectivity index (χ3n) is 3.36. The van der Waals surface area contributed by atoms with Crippen molar-refractivity contribution >= 4 is 46.6 Å². The SMILES string of the molecule is C=CCOc1c(Cl)cc(/C=C2/SC(=O)N(CC(=O)OC)C2=O)cc1OCC. The van der Waals surface area contributed by atoms with Crippen LogP contribution in [-0.4, -0.2) is 48.9 Å². The molecule has 0 aliphatic carbocycles. The third kappa shape index (κ3) is 5.05. The molecule has 1 aromatic rings. The van der Waals surface area contributed by atoms with Gasteiger partial charge in [-0.2, -0.15) is 0 Å². The fraction of sp³-hybridized carbons (Fsp3) is 0.278. The lowest BCUT2D eigenvalue weighted by atomic mass is 10.1. The van der Waals surface area contributed by atoms with Crippen LogP contribution in [-0.2, 0) is 14.3 Å². The van der Waals surface area contributed by atoms with Crippen molar-refractivity contribution in [2.45, 2.75) is 6.92 Å². The molecule has 0 spiro atoms. The lowest BCUT2D eigenvalue weighted by Gasteiger charge is -2.13. The second-order valence-electron chi connectivity index (χ2n) is 5.21. The summed E-state index contributed by atoms with van der Waals surface area (Å²) in [6.07, 6.45) is 3.09. The molecule has 1 aliphatic heterocycles. The number of hydrogen-bond acceptors (Lipinski definition) is 7. The summed E-state index contributed by atoms with van der Waals surface area (Å²) >= 11 is 7.01. The Morgan fingerprint density at radius 2 is 2.07 bits per heavy atom. The van der Waals surface area contributed by atoms with Crippen LogP contribution in [0.1, 0.15) is 12.5 Å². The van der Waals surface area contributed by atoms with Crippen molar-refractivity contribution in [1.82, 2.24) is 4.90 Å². The summed E-state index contributed by atoms with van der Waals surface area (Å²) in [5.41, 5.74) is 0.554. The summed E-state index contributed by atoms with van der Waals surface area (Å²) in [7, 11) is 1.19. The minimum absolute atomic E-state index is 0.169. The largest absolute Gasteiger partial charge is 0.490 e. The minimum Gasteiger partial charge on any atom is -0.490 e. The van der Waals surface area contributed by atoms with E-state index in [2.05, 4.69) is 11.3 Å². The van der Waals surface area contributed by atoms with Crippen LogP contribution < -0.4 is 9.47 Å². The van der Waals surface area contributed by atoms with Crippen molar-refractivity contribution in [3.63, 3.8) is 0 Å². The number of halogens is 1. The third-order valence-corrected chi connectivity index (χ3v) is 4.55. The number of rotatable bonds is 8. The topological polar surface area (TPSA) is 82.1 Å². The highest BCUT2D eigenvalue weighted by Crippen LogP contribution is 2.39. The zero-order valence-corrected chi connectivity index (χ0v) is 16.4. The summed E-state index contributed by atoms with van der Waals surface area (Å²) in [6.45, 7) is 5.62. The molecule has 1 saturated heterocycles. The Bertz CT molecular complexity index is 807. The van der Waals surface area contributed by atoms with Gasteiger partial charge in [-0.1, -0.05) is 24.3 Å². The molecule has 1 heterocycles. The van der Waals surface area contributed by atoms with Crippen molar-refractivity contribution in [1.29, 1.82) is 0 Å². The summed E-state index contributed by atoms with van der Waals surface area (Å²) in [6, 6.07) is 3.25. The highest BCUT2D eigenvalue weighted by Gasteiger charge is 2.36. The maximum absolute atomic E-state index is 12.4. The molecule has 0 saturated carbocycles. The number of benzene rings is 1. The van der Waals surface area contributed by atoms with E-state index in [1.807, 2.05) is 6.92 Å². The van der Waals surface area contributed by atoms with Gasteiger partial charge in [0.2, 0.25) is 0 Å². The van der Waals surface area contributed by atoms with E-state index in [0.29, 0.717) is 28.7 Å². The number of carbonyl (C=O) groups is 3. The number of thioether (sulfide) groups is 1. The second-order valence-corrected chi connectivity index (χ2v) is 6.61. The molecule has 0 N–H and O–H groups in total. The maximum Gasteiger partial charge on any atom is 0.325 e. The lowest BCUT2D eigenvalue weighted by Crippen LogP contribution is -2.34. The molecule has 9 heteroatoms. The van der Waals surface area contributed by atoms with Crippen LogP contribution in [0.15, 0.2) is 29.7 Å². The Hall–Kier alpha value is -2.45. The van der Waals surface area contributed by atoms with E-state index < -0.39 is 23.7 Å². The van der Waals surface area contributed by atoms with E-state index in [1.165, 1.54) is 13.2 Å². The molecule has 1 aromatic carbocycles. The zero-order chi connectivity index (χ0) is 20.0. The van der Waals surface area contributed by atoms with Crippen molar-refractivity contribution in [3.05, 3.63) is 40.3 Å². The van der Waals surface area contributed by atoms with Crippen molar-refractivity contribution < 1.29 is 28.6 Å². The molecule has 1 fully saturated rings. The number of methoxy groups -OCH3 is 1. The number of carbonyl (C=O) groups excluding carboxylic acids is 3. The van der Waals surface area contributed by atoms with Crippen LogP contribution in [0.4, 0.5) is 4.79 Å². The Morgan fingerprint density at radius 1 is 1.33 bits per heavy atom. The van der Waals surface area contributed by atoms with Gasteiger partial charge in [0.05, 0.1) is 23.6 Å². The van der Waals surface area contributed by atoms with Crippen molar-refractivity contribution in [3.8, 4) is 11.5 Å². The van der Waals surface area contributed by atoms with E-state index in [-0.39, 0.29) is 11.5 Å². The predicted octanol–water partition coefficient (Wildman–Crippen LogP) is 3.51. The summed E-state index contributed by atoms with van der Waals surface area (Å²) in [5, 5.41) is -0.249. The average molecular weight is 412 g/mol. The van der Waals surface area contributed by atoms with Gasteiger partial charge >= 0.3 is 5.97 Å². The smallest absolute Gasteiger partial charge is 0.325 e. The lowest BCUT2D eigenvalue weighted by molar-refractivity contribution is -0.143. The number of hydrogen-bond donors (Lipinski definition) is 0. The van der Waals surface area contributed by atoms with E-state index in [4.69, 9.17) is 21.1 Å². The van der Waals surface area contributed by atoms with Crippen LogP contribution >= 0.6 is 23.4 Å². The number of amides is 2. The van der Waals surface area contributed by atoms with Gasteiger partial charge in [0, 0.05) is 0 Å². The number of imide groups is 1. The normalized spacial score (nSPS) is 15.2. The molecule has 27 heavy (non-hydrogen) atoms. The average Bonchev–Trinajstić information content (AvgIpc) is 2.88. The monoisotopic (exact) mass is 411 g/mol. The number of ether oxygens (including phenoxy) is 3. The van der Waals surface area contributed by atoms with Gasteiger partial charge in [-0.05, 0) is 42.5 Å². The number of esters is 1. The van der Waals surface area contributed by atoms with E-state index in [9.17, 15) is 14.4 Å². The fourth-order valence-corrected chi connectivity index (χ4v) is 3.31. The first-order valence-corrected chi connectivity index (χ1v) is 9.12. The van der Waals surface area contributed by atoms with Gasteiger partial charge in [0.1, 0.15) is 13.2 Å². The maximum atomic E-state index is 12.4. The molecular formula is C18H18ClNO6S. The molecule has 1 aliphatic rings. The Kier molecular flexibility index (Phi) is 7.32. The molecule has 0 aromatic heterocycles. The van der Waals surface area contributed by atoms with Crippen LogP contribution in [0.5, 0.6) is 11.5 Å². The molecule has 7 nitrogen and oxygen atoms in total. The van der Waals surface area contributed by atoms with Gasteiger partial charge in [-0.15, -0.1) is 0 Å². The highest BCUT2D eigenvalue weighted by molar-refractivity contribution is 8.18. The van der Waals surface area contributed by atoms with Crippen molar-refractivity contribution in [2.75, 3.05) is 26.9 Å². The Balaban J connectivity index is 2.32. The molecule has 0 unspecified atom stereocenters. The molecule has 0 bridgehead atoms. The first kappa shape index (κ1) is 20.9. The van der Waals surface area contributed by atoms with Crippen LogP contribution in [0.3, 0.4) is 0 Å². The Morgan fingerprint density at radius 3 is 2.70 bits per heavy atom. The highest BCUT2D eigenvalue weighted by atomic mass is 35.5. The first-order chi connectivity index (χ1) is 12.9. The molecule has 2 amide bonds. The molecule has 0 radical (unpaired) electrons. The van der Waals surface area contributed by atoms with E-state index in [1.54, 1.807) is 18.2 Å². The van der Waals surface area contributed by atoms with Gasteiger partial charge in [-0.25, -0.2) is 0 Å². The van der Waals surface area contributed by atoms with Crippen LogP contribution in [0.2, 0.25) is 5.02 Å². The number of nitrogens with zero attached hydrogens (tertiary/aromatic N) is 1. The molecule has 2 rings (SSSR count). The van der Waals surface area contributed by atoms with E-state index >= 15 is 0 Å². The molecule has 0 atom stereocenters. The quantitative estimate of drug-likeness (QED) is 0.367. The van der Waals surface area contributed by atoms with Crippen molar-refractivity contribution in [2.24, 2.45) is 0 Å². The van der Waals surface area contributed by atoms with Gasteiger partial charge < -0.3 is 14.2 Å². The van der Waals surface area contributed by atoms with Crippen LogP contribution in [0, 0.1) is 0 Å². The van der Waals surface area contributed by atoms with E-state index in [0.717, 1.165) is 16.7 Å². The second kappa shape index (κ2) is 9.48. The van der Waals surface area contributed by atoms with Gasteiger partial charge in [0.25, 0.3) is 11.1 Å². The summed E-state index contributed by atoms with van der Waals surface area (Å²) in [4.78, 5) is 36.7. The zero-order valence-electron chi connectivity index (χ0n) is 14.8. The minimum atomic E-state index is -0.677. The summed E-state index contributed by atoms with van der Waals surface area (Å²) in [5.74, 6) is -0.471. The Labute approximate surface area is 165 Å². The van der Waals surface area contributed by atoms with Gasteiger partial charge in [0.15, 0.2) is 11.5 Å². The standard InChI is InChI=1S/C18H18ClNO6S/c1-4-6-26-16-12(19)7-11(8-13(16)25-5-2)9-14-17(22)20(18(23)27-14)10-15(21)24-3/h4,7-9H,1,5-6,10H2,2-3H3/b14-9+. The summed E-state index contributed by atoms with van der Waals surface area (Å²) < 4.78 is 15.6. The first-order valence-electron chi connectivity index (χ1n) is 7.93. The van der Waals surface area contributed by atoms with Gasteiger partial charge in [-0.3, -0.25) is 19.3 Å².